The fraction of sp³-hybridized carbons (Fsp3) is 0.538. The van der Waals surface area contributed by atoms with Gasteiger partial charge >= 0.3 is 6.18 Å². The van der Waals surface area contributed by atoms with Crippen molar-refractivity contribution in [3.8, 4) is 0 Å². The van der Waals surface area contributed by atoms with Crippen LogP contribution in [0.5, 0.6) is 0 Å². The first-order valence-electron chi connectivity index (χ1n) is 6.37. The van der Waals surface area contributed by atoms with E-state index < -0.39 is 27.9 Å². The summed E-state index contributed by atoms with van der Waals surface area (Å²) in [5.41, 5.74) is -2.73. The van der Waals surface area contributed by atoms with E-state index in [4.69, 9.17) is 5.11 Å². The lowest BCUT2D eigenvalue weighted by molar-refractivity contribution is -0.388. The number of aliphatic hydroxyl groups excluding tert-OH is 1. The van der Waals surface area contributed by atoms with E-state index in [0.29, 0.717) is 12.8 Å². The van der Waals surface area contributed by atoms with Gasteiger partial charge in [0.2, 0.25) is 0 Å². The SMILES string of the molecule is CCC(C)(CCO)Nc1ccc([N+](=O)[O-])c(C(F)(F)F)c1. The number of halogens is 3. The lowest BCUT2D eigenvalue weighted by Crippen LogP contribution is -2.35. The zero-order valence-electron chi connectivity index (χ0n) is 11.7. The Balaban J connectivity index is 3.20. The van der Waals surface area contributed by atoms with E-state index in [1.807, 2.05) is 6.92 Å². The van der Waals surface area contributed by atoms with Crippen molar-refractivity contribution in [3.63, 3.8) is 0 Å². The number of hydrogen-bond donors (Lipinski definition) is 2. The van der Waals surface area contributed by atoms with E-state index in [0.717, 1.165) is 12.1 Å². The van der Waals surface area contributed by atoms with E-state index in [1.165, 1.54) is 6.07 Å². The van der Waals surface area contributed by atoms with Crippen molar-refractivity contribution in [1.29, 1.82) is 0 Å². The first-order valence-corrected chi connectivity index (χ1v) is 6.37. The minimum absolute atomic E-state index is 0.115. The molecule has 0 aliphatic carbocycles. The molecule has 8 heteroatoms. The lowest BCUT2D eigenvalue weighted by Gasteiger charge is -2.30. The molecule has 1 aromatic carbocycles. The van der Waals surface area contributed by atoms with Gasteiger partial charge in [-0.2, -0.15) is 13.2 Å². The molecule has 0 amide bonds. The van der Waals surface area contributed by atoms with Gasteiger partial charge in [-0.1, -0.05) is 6.92 Å². The molecular formula is C13H17F3N2O3. The van der Waals surface area contributed by atoms with Crippen LogP contribution in [0.25, 0.3) is 0 Å². The molecular weight excluding hydrogens is 289 g/mol. The van der Waals surface area contributed by atoms with Gasteiger partial charge in [-0.05, 0) is 31.9 Å². The van der Waals surface area contributed by atoms with E-state index in [9.17, 15) is 23.3 Å². The highest BCUT2D eigenvalue weighted by Gasteiger charge is 2.38. The van der Waals surface area contributed by atoms with Crippen molar-refractivity contribution in [2.75, 3.05) is 11.9 Å². The summed E-state index contributed by atoms with van der Waals surface area (Å²) >= 11 is 0. The number of hydrogen-bond acceptors (Lipinski definition) is 4. The number of aliphatic hydroxyl groups is 1. The van der Waals surface area contributed by atoms with Gasteiger partial charge in [0.15, 0.2) is 0 Å². The molecule has 5 nitrogen and oxygen atoms in total. The Morgan fingerprint density at radius 2 is 2.00 bits per heavy atom. The summed E-state index contributed by atoms with van der Waals surface area (Å²) in [7, 11) is 0. The summed E-state index contributed by atoms with van der Waals surface area (Å²) < 4.78 is 38.6. The van der Waals surface area contributed by atoms with Crippen molar-refractivity contribution < 1.29 is 23.2 Å². The summed E-state index contributed by atoms with van der Waals surface area (Å²) in [6, 6.07) is 2.79. The van der Waals surface area contributed by atoms with Crippen LogP contribution in [-0.4, -0.2) is 22.2 Å². The summed E-state index contributed by atoms with van der Waals surface area (Å²) in [4.78, 5) is 9.62. The van der Waals surface area contributed by atoms with Crippen molar-refractivity contribution in [1.82, 2.24) is 0 Å². The molecule has 0 aliphatic rings. The van der Waals surface area contributed by atoms with Crippen molar-refractivity contribution in [3.05, 3.63) is 33.9 Å². The average molecular weight is 306 g/mol. The fourth-order valence-electron chi connectivity index (χ4n) is 1.92. The van der Waals surface area contributed by atoms with Crippen molar-refractivity contribution in [2.24, 2.45) is 0 Å². The Labute approximate surface area is 119 Å². The Morgan fingerprint density at radius 3 is 2.43 bits per heavy atom. The van der Waals surface area contributed by atoms with Gasteiger partial charge in [0, 0.05) is 23.9 Å². The van der Waals surface area contributed by atoms with Crippen LogP contribution in [0.2, 0.25) is 0 Å². The maximum atomic E-state index is 12.9. The smallest absolute Gasteiger partial charge is 0.396 e. The van der Waals surface area contributed by atoms with E-state index in [2.05, 4.69) is 5.32 Å². The van der Waals surface area contributed by atoms with Crippen molar-refractivity contribution >= 4 is 11.4 Å². The molecule has 118 valence electrons. The third kappa shape index (κ3) is 4.32. The van der Waals surface area contributed by atoms with Crippen LogP contribution >= 0.6 is 0 Å². The van der Waals surface area contributed by atoms with Gasteiger partial charge in [-0.25, -0.2) is 0 Å². The Morgan fingerprint density at radius 1 is 1.38 bits per heavy atom. The zero-order chi connectivity index (χ0) is 16.3. The van der Waals surface area contributed by atoms with E-state index in [-0.39, 0.29) is 12.3 Å². The van der Waals surface area contributed by atoms with Crippen LogP contribution in [0, 0.1) is 10.1 Å². The zero-order valence-corrected chi connectivity index (χ0v) is 11.7. The molecule has 1 atom stereocenters. The van der Waals surface area contributed by atoms with Gasteiger partial charge < -0.3 is 10.4 Å². The Kier molecular flexibility index (Phi) is 5.16. The minimum Gasteiger partial charge on any atom is -0.396 e. The van der Waals surface area contributed by atoms with Crippen LogP contribution in [0.4, 0.5) is 24.5 Å². The average Bonchev–Trinajstić information content (AvgIpc) is 2.37. The molecule has 0 heterocycles. The molecule has 0 radical (unpaired) electrons. The van der Waals surface area contributed by atoms with E-state index in [1.54, 1.807) is 6.92 Å². The second-order valence-electron chi connectivity index (χ2n) is 5.00. The van der Waals surface area contributed by atoms with Crippen molar-refractivity contribution in [2.45, 2.75) is 38.4 Å². The molecule has 0 spiro atoms. The Bertz CT molecular complexity index is 520. The van der Waals surface area contributed by atoms with Gasteiger partial charge in [0.25, 0.3) is 5.69 Å². The molecule has 1 aromatic rings. The van der Waals surface area contributed by atoms with Gasteiger partial charge in [0.1, 0.15) is 5.56 Å². The molecule has 1 rings (SSSR count). The monoisotopic (exact) mass is 306 g/mol. The number of rotatable bonds is 6. The summed E-state index contributed by atoms with van der Waals surface area (Å²) in [5.74, 6) is 0. The molecule has 0 aliphatic heterocycles. The molecule has 1 unspecified atom stereocenters. The molecule has 0 aromatic heterocycles. The lowest BCUT2D eigenvalue weighted by atomic mass is 9.94. The number of benzene rings is 1. The van der Waals surface area contributed by atoms with Crippen LogP contribution in [0.1, 0.15) is 32.3 Å². The molecule has 0 saturated heterocycles. The third-order valence-corrected chi connectivity index (χ3v) is 3.39. The van der Waals surface area contributed by atoms with Crippen LogP contribution in [0.3, 0.4) is 0 Å². The minimum atomic E-state index is -4.81. The summed E-state index contributed by atoms with van der Waals surface area (Å²) in [6.45, 7) is 3.48. The number of nitrogens with one attached hydrogen (secondary N) is 1. The fourth-order valence-corrected chi connectivity index (χ4v) is 1.92. The standard InChI is InChI=1S/C13H17F3N2O3/c1-3-12(2,6-7-19)17-9-4-5-11(18(20)21)10(8-9)13(14,15)16/h4-5,8,17,19H,3,6-7H2,1-2H3. The Hall–Kier alpha value is -1.83. The largest absolute Gasteiger partial charge is 0.423 e. The number of anilines is 1. The van der Waals surface area contributed by atoms with Crippen LogP contribution in [-0.2, 0) is 6.18 Å². The molecule has 0 fully saturated rings. The third-order valence-electron chi connectivity index (χ3n) is 3.39. The first-order chi connectivity index (χ1) is 9.63. The molecule has 21 heavy (non-hydrogen) atoms. The first kappa shape index (κ1) is 17.2. The van der Waals surface area contributed by atoms with E-state index >= 15 is 0 Å². The second kappa shape index (κ2) is 6.30. The second-order valence-corrected chi connectivity index (χ2v) is 5.00. The number of nitro benzene ring substituents is 1. The van der Waals surface area contributed by atoms with Gasteiger partial charge in [0.05, 0.1) is 4.92 Å². The van der Waals surface area contributed by atoms with Crippen LogP contribution in [0.15, 0.2) is 18.2 Å². The maximum Gasteiger partial charge on any atom is 0.423 e. The predicted molar refractivity (Wildman–Crippen MR) is 72.1 cm³/mol. The molecule has 0 saturated carbocycles. The van der Waals surface area contributed by atoms with Crippen LogP contribution < -0.4 is 5.32 Å². The van der Waals surface area contributed by atoms with Gasteiger partial charge in [-0.3, -0.25) is 10.1 Å². The highest BCUT2D eigenvalue weighted by atomic mass is 19.4. The van der Waals surface area contributed by atoms with Gasteiger partial charge in [-0.15, -0.1) is 0 Å². The highest BCUT2D eigenvalue weighted by molar-refractivity contribution is 5.56. The number of alkyl halides is 3. The number of nitrogens with zero attached hydrogens (tertiary/aromatic N) is 1. The maximum absolute atomic E-state index is 12.9. The summed E-state index contributed by atoms with van der Waals surface area (Å²) in [6.07, 6.45) is -3.88. The highest BCUT2D eigenvalue weighted by Crippen LogP contribution is 2.38. The molecule has 2 N–H and O–H groups in total. The normalized spacial score (nSPS) is 14.6. The topological polar surface area (TPSA) is 75.4 Å². The quantitative estimate of drug-likeness (QED) is 0.622. The number of nitro groups is 1. The summed E-state index contributed by atoms with van der Waals surface area (Å²) in [5, 5.41) is 22.6. The molecule has 0 bridgehead atoms. The predicted octanol–water partition coefficient (Wildman–Crippen LogP) is 3.58.